The number of rotatable bonds is 10. The first-order valence-electron chi connectivity index (χ1n) is 14.1. The molecule has 0 bridgehead atoms. The smallest absolute Gasteiger partial charge is 0.214 e. The molecular weight excluding hydrogens is 670 g/mol. The summed E-state index contributed by atoms with van der Waals surface area (Å²) in [5, 5.41) is 4.99. The van der Waals surface area contributed by atoms with Crippen molar-refractivity contribution < 1.29 is 22.7 Å². The Labute approximate surface area is 261 Å². The molecule has 2 aromatic carbocycles. The van der Waals surface area contributed by atoms with Crippen molar-refractivity contribution in [2.75, 3.05) is 36.4 Å². The molecule has 1 aliphatic rings. The zero-order valence-electron chi connectivity index (χ0n) is 24.0. The summed E-state index contributed by atoms with van der Waals surface area (Å²) in [7, 11) is 0. The maximum absolute atomic E-state index is 15.1. The number of aromatic amines is 1. The highest BCUT2D eigenvalue weighted by Gasteiger charge is 2.25. The molecule has 3 heterocycles. The van der Waals surface area contributed by atoms with Gasteiger partial charge in [0.05, 0.1) is 23.2 Å². The fourth-order valence-electron chi connectivity index (χ4n) is 5.48. The zero-order valence-corrected chi connectivity index (χ0v) is 26.1. The average molecular weight is 704 g/mol. The van der Waals surface area contributed by atoms with Gasteiger partial charge in [-0.2, -0.15) is 9.49 Å². The fraction of sp³-hybridized carbons (Fsp3) is 0.312. The van der Waals surface area contributed by atoms with Crippen molar-refractivity contribution in [2.24, 2.45) is 0 Å². The number of alkyl halides is 1. The van der Waals surface area contributed by atoms with Crippen molar-refractivity contribution in [1.29, 1.82) is 0 Å². The van der Waals surface area contributed by atoms with Crippen LogP contribution in [0.1, 0.15) is 54.2 Å². The maximum atomic E-state index is 15.1. The second-order valence-electron chi connectivity index (χ2n) is 10.5. The van der Waals surface area contributed by atoms with Gasteiger partial charge in [0, 0.05) is 15.3 Å². The molecule has 2 aromatic heterocycles. The van der Waals surface area contributed by atoms with Gasteiger partial charge in [-0.1, -0.05) is 35.6 Å². The van der Waals surface area contributed by atoms with Gasteiger partial charge in [0.2, 0.25) is 11.6 Å². The summed E-state index contributed by atoms with van der Waals surface area (Å²) in [6, 6.07) is 8.69. The number of carbonyl (C=O) groups excluding carboxylic acids is 1. The minimum absolute atomic E-state index is 0.0247. The fourth-order valence-corrected chi connectivity index (χ4v) is 5.90. The van der Waals surface area contributed by atoms with Crippen LogP contribution in [0.4, 0.5) is 19.0 Å². The number of nitrogens with zero attached hydrogens (tertiary/aromatic N) is 3. The number of H-pyrrole nitrogens is 1. The van der Waals surface area contributed by atoms with Gasteiger partial charge in [0.25, 0.3) is 0 Å². The van der Waals surface area contributed by atoms with E-state index < -0.39 is 11.6 Å². The Balaban J connectivity index is 1.36. The number of ether oxygens (including phenoxy) is 1. The van der Waals surface area contributed by atoms with Gasteiger partial charge in [0.1, 0.15) is 18.2 Å². The Hall–Kier alpha value is -3.58. The number of benzene rings is 2. The van der Waals surface area contributed by atoms with Crippen molar-refractivity contribution in [2.45, 2.75) is 32.6 Å². The molecule has 0 amide bonds. The standard InChI is InChI=1S/C32H33F3IN5O2/c1-3-40-12-8-20(9-13-40)22-17-26-21(15-25(22)34)16-27(39-26)31(42)23-18-38-41(32(23)37)28(7-11-36)19(2)10-14-43-29-6-4-5-24(33)30(29)35/h4-7,10,15-18,20,39H,3,8-9,11-14,37H2,1-2H3/b19-10-,28-7+. The molecule has 4 aromatic rings. The number of nitrogen functional groups attached to an aromatic ring is 1. The lowest BCUT2D eigenvalue weighted by atomic mass is 9.88. The molecule has 5 rings (SSSR count). The molecule has 0 atom stereocenters. The number of likely N-dealkylation sites (tertiary alicyclic amines) is 1. The largest absolute Gasteiger partial charge is 0.486 e. The molecule has 11 heteroatoms. The van der Waals surface area contributed by atoms with Gasteiger partial charge in [-0.05, 0) is 98.9 Å². The number of carbonyl (C=O) groups is 1. The first kappa shape index (κ1) is 30.9. The van der Waals surface area contributed by atoms with Crippen LogP contribution in [0.3, 0.4) is 0 Å². The van der Waals surface area contributed by atoms with E-state index in [9.17, 15) is 13.6 Å². The Morgan fingerprint density at radius 1 is 1.16 bits per heavy atom. The van der Waals surface area contributed by atoms with Crippen molar-refractivity contribution in [3.05, 3.63) is 94.6 Å². The van der Waals surface area contributed by atoms with E-state index in [1.807, 2.05) is 19.1 Å². The first-order valence-corrected chi connectivity index (χ1v) is 15.7. The summed E-state index contributed by atoms with van der Waals surface area (Å²) < 4.78 is 50.1. The number of hydrogen-bond acceptors (Lipinski definition) is 5. The molecule has 0 saturated carbocycles. The minimum atomic E-state index is -1.05. The van der Waals surface area contributed by atoms with Gasteiger partial charge >= 0.3 is 0 Å². The molecular formula is C32H33F3IN5O2. The minimum Gasteiger partial charge on any atom is -0.486 e. The first-order chi connectivity index (χ1) is 20.7. The van der Waals surface area contributed by atoms with E-state index in [0.717, 1.165) is 38.5 Å². The molecule has 0 aliphatic carbocycles. The Morgan fingerprint density at radius 2 is 1.93 bits per heavy atom. The predicted molar refractivity (Wildman–Crippen MR) is 171 cm³/mol. The molecule has 0 spiro atoms. The van der Waals surface area contributed by atoms with Crippen LogP contribution >= 0.6 is 22.6 Å². The van der Waals surface area contributed by atoms with Crippen LogP contribution in [0.15, 0.2) is 60.3 Å². The van der Waals surface area contributed by atoms with E-state index >= 15 is 4.39 Å². The van der Waals surface area contributed by atoms with E-state index in [2.05, 4.69) is 44.5 Å². The van der Waals surface area contributed by atoms with Crippen LogP contribution in [0.5, 0.6) is 5.75 Å². The topological polar surface area (TPSA) is 89.2 Å². The molecule has 0 unspecified atom stereocenters. The van der Waals surface area contributed by atoms with Crippen molar-refractivity contribution >= 4 is 50.8 Å². The van der Waals surface area contributed by atoms with Crippen LogP contribution in [0, 0.1) is 17.5 Å². The molecule has 1 fully saturated rings. The second kappa shape index (κ2) is 13.4. The number of allylic oxidation sites excluding steroid dienone is 3. The van der Waals surface area contributed by atoms with Crippen LogP contribution in [-0.2, 0) is 0 Å². The lowest BCUT2D eigenvalue weighted by Gasteiger charge is -2.31. The lowest BCUT2D eigenvalue weighted by Crippen LogP contribution is -2.32. The SMILES string of the molecule is CCN1CCC(c2cc3[nH]c(C(=O)c4cnn(C(=C/CI)/C(C)=C\COc5cccc(F)c5F)c4N)cc3cc2F)CC1. The Bertz CT molecular complexity index is 1700. The second-order valence-corrected chi connectivity index (χ2v) is 11.4. The van der Waals surface area contributed by atoms with Crippen LogP contribution in [0.25, 0.3) is 16.6 Å². The van der Waals surface area contributed by atoms with Crippen molar-refractivity contribution in [3.8, 4) is 5.75 Å². The molecule has 7 nitrogen and oxygen atoms in total. The molecule has 43 heavy (non-hydrogen) atoms. The molecule has 226 valence electrons. The number of hydrogen-bond donors (Lipinski definition) is 2. The number of anilines is 1. The molecule has 3 N–H and O–H groups in total. The Morgan fingerprint density at radius 3 is 2.65 bits per heavy atom. The number of halogens is 4. The Kier molecular flexibility index (Phi) is 9.60. The van der Waals surface area contributed by atoms with Crippen molar-refractivity contribution in [1.82, 2.24) is 19.7 Å². The summed E-state index contributed by atoms with van der Waals surface area (Å²) in [5.41, 5.74) is 9.62. The summed E-state index contributed by atoms with van der Waals surface area (Å²) in [6.07, 6.45) is 6.77. The van der Waals surface area contributed by atoms with Gasteiger partial charge in [-0.15, -0.1) is 0 Å². The van der Waals surface area contributed by atoms with E-state index in [-0.39, 0.29) is 47.0 Å². The monoisotopic (exact) mass is 703 g/mol. The number of piperidine rings is 1. The molecule has 1 saturated heterocycles. The van der Waals surface area contributed by atoms with E-state index in [0.29, 0.717) is 32.2 Å². The van der Waals surface area contributed by atoms with E-state index in [1.54, 1.807) is 12.1 Å². The van der Waals surface area contributed by atoms with Crippen LogP contribution < -0.4 is 10.5 Å². The number of ketones is 1. The third kappa shape index (κ3) is 6.52. The third-order valence-corrected chi connectivity index (χ3v) is 8.40. The summed E-state index contributed by atoms with van der Waals surface area (Å²) >= 11 is 2.18. The van der Waals surface area contributed by atoms with E-state index in [1.165, 1.54) is 29.1 Å². The summed E-state index contributed by atoms with van der Waals surface area (Å²) in [6.45, 7) is 6.79. The maximum Gasteiger partial charge on any atom is 0.214 e. The average Bonchev–Trinajstić information content (AvgIpc) is 3.60. The predicted octanol–water partition coefficient (Wildman–Crippen LogP) is 7.10. The zero-order chi connectivity index (χ0) is 30.7. The summed E-state index contributed by atoms with van der Waals surface area (Å²) in [5.74, 6) is -2.57. The third-order valence-electron chi connectivity index (χ3n) is 7.96. The van der Waals surface area contributed by atoms with Gasteiger partial charge in [-0.3, -0.25) is 4.79 Å². The number of aromatic nitrogens is 3. The molecule has 0 radical (unpaired) electrons. The van der Waals surface area contributed by atoms with Crippen LogP contribution in [-0.4, -0.2) is 56.1 Å². The number of nitrogens with one attached hydrogen (secondary N) is 1. The molecule has 1 aliphatic heterocycles. The highest BCUT2D eigenvalue weighted by atomic mass is 127. The lowest BCUT2D eigenvalue weighted by molar-refractivity contribution is 0.103. The van der Waals surface area contributed by atoms with Crippen molar-refractivity contribution in [3.63, 3.8) is 0 Å². The summed E-state index contributed by atoms with van der Waals surface area (Å²) in [4.78, 5) is 19.1. The highest BCUT2D eigenvalue weighted by Crippen LogP contribution is 2.33. The van der Waals surface area contributed by atoms with E-state index in [4.69, 9.17) is 10.5 Å². The highest BCUT2D eigenvalue weighted by molar-refractivity contribution is 14.1. The van der Waals surface area contributed by atoms with Gasteiger partial charge in [0.15, 0.2) is 11.6 Å². The quantitative estimate of drug-likeness (QED) is 0.0797. The van der Waals surface area contributed by atoms with Crippen LogP contribution in [0.2, 0.25) is 0 Å². The van der Waals surface area contributed by atoms with Gasteiger partial charge < -0.3 is 20.4 Å². The van der Waals surface area contributed by atoms with Gasteiger partial charge in [-0.25, -0.2) is 13.5 Å². The normalized spacial score (nSPS) is 15.4. The number of nitrogens with two attached hydrogens (primary N) is 1. The number of fused-ring (bicyclic) bond motifs is 1.